The summed E-state index contributed by atoms with van der Waals surface area (Å²) in [6, 6.07) is 1.60. The van der Waals surface area contributed by atoms with E-state index in [2.05, 4.69) is 0 Å². The molecule has 1 aliphatic heterocycles. The molecule has 7 heteroatoms. The normalized spacial score (nSPS) is 13.7. The van der Waals surface area contributed by atoms with E-state index >= 15 is 0 Å². The lowest BCUT2D eigenvalue weighted by atomic mass is 10.1. The summed E-state index contributed by atoms with van der Waals surface area (Å²) < 4.78 is 27.3. The van der Waals surface area contributed by atoms with E-state index in [0.717, 1.165) is 12.1 Å². The number of carbonyl (C=O) groups excluding carboxylic acids is 3. The van der Waals surface area contributed by atoms with Gasteiger partial charge in [-0.2, -0.15) is 0 Å². The number of carbonyl (C=O) groups is 3. The van der Waals surface area contributed by atoms with Crippen LogP contribution in [0.2, 0.25) is 0 Å². The molecule has 0 spiro atoms. The summed E-state index contributed by atoms with van der Waals surface area (Å²) >= 11 is 0. The summed E-state index contributed by atoms with van der Waals surface area (Å²) in [5.41, 5.74) is -1.07. The number of Topliss-reactive ketones (excluding diaryl/α,β-unsaturated/α-hetero) is 1. The monoisotopic (exact) mass is 282 g/mol. The molecule has 0 unspecified atom stereocenters. The van der Waals surface area contributed by atoms with Crippen molar-refractivity contribution in [3.8, 4) is 0 Å². The second-order valence-corrected chi connectivity index (χ2v) is 4.38. The van der Waals surface area contributed by atoms with Crippen molar-refractivity contribution in [3.05, 3.63) is 29.3 Å². The van der Waals surface area contributed by atoms with Gasteiger partial charge in [0.15, 0.2) is 0 Å². The second kappa shape index (κ2) is 4.99. The fraction of sp³-hybridized carbons (Fsp3) is 0.308. The number of anilines is 1. The van der Waals surface area contributed by atoms with Gasteiger partial charge in [-0.15, -0.1) is 0 Å². The van der Waals surface area contributed by atoms with Crippen molar-refractivity contribution in [1.82, 2.24) is 4.90 Å². The maximum atomic E-state index is 13.8. The lowest BCUT2D eigenvalue weighted by Crippen LogP contribution is -2.41. The number of nitrogens with zero attached hydrogens (tertiary/aromatic N) is 2. The molecule has 1 aromatic rings. The van der Waals surface area contributed by atoms with Crippen molar-refractivity contribution >= 4 is 23.3 Å². The highest BCUT2D eigenvalue weighted by atomic mass is 19.1. The zero-order chi connectivity index (χ0) is 15.0. The molecule has 0 bridgehead atoms. The van der Waals surface area contributed by atoms with Gasteiger partial charge in [-0.25, -0.2) is 8.78 Å². The van der Waals surface area contributed by atoms with Crippen LogP contribution in [-0.4, -0.2) is 42.6 Å². The molecular weight excluding hydrogens is 270 g/mol. The highest BCUT2D eigenvalue weighted by molar-refractivity contribution is 6.52. The van der Waals surface area contributed by atoms with Gasteiger partial charge in [-0.3, -0.25) is 19.3 Å². The van der Waals surface area contributed by atoms with E-state index in [1.807, 2.05) is 0 Å². The maximum Gasteiger partial charge on any atom is 0.300 e. The lowest BCUT2D eigenvalue weighted by Gasteiger charge is -2.20. The van der Waals surface area contributed by atoms with Gasteiger partial charge in [-0.1, -0.05) is 0 Å². The number of hydrogen-bond donors (Lipinski definition) is 0. The van der Waals surface area contributed by atoms with Crippen LogP contribution in [-0.2, 0) is 9.59 Å². The Balaban J connectivity index is 2.44. The van der Waals surface area contributed by atoms with Crippen molar-refractivity contribution in [1.29, 1.82) is 0 Å². The summed E-state index contributed by atoms with van der Waals surface area (Å²) in [5, 5.41) is 0. The molecule has 1 heterocycles. The van der Waals surface area contributed by atoms with Gasteiger partial charge in [0, 0.05) is 13.6 Å². The molecule has 1 aromatic carbocycles. The van der Waals surface area contributed by atoms with E-state index in [-0.39, 0.29) is 0 Å². The second-order valence-electron chi connectivity index (χ2n) is 4.38. The fourth-order valence-corrected chi connectivity index (χ4v) is 1.94. The van der Waals surface area contributed by atoms with Crippen molar-refractivity contribution in [2.45, 2.75) is 6.92 Å². The SMILES string of the molecule is CCN(C)C(=O)CN1C(=O)C(=O)c2c(F)ccc(F)c21. The molecule has 0 aromatic heterocycles. The minimum Gasteiger partial charge on any atom is -0.344 e. The van der Waals surface area contributed by atoms with Gasteiger partial charge < -0.3 is 4.90 Å². The van der Waals surface area contributed by atoms with Crippen LogP contribution in [0.4, 0.5) is 14.5 Å². The quantitative estimate of drug-likeness (QED) is 0.776. The molecule has 5 nitrogen and oxygen atoms in total. The van der Waals surface area contributed by atoms with Gasteiger partial charge in [-0.05, 0) is 19.1 Å². The summed E-state index contributed by atoms with van der Waals surface area (Å²) in [7, 11) is 1.51. The van der Waals surface area contributed by atoms with Gasteiger partial charge in [0.25, 0.3) is 11.7 Å². The molecule has 0 saturated heterocycles. The summed E-state index contributed by atoms with van der Waals surface area (Å²) in [5.74, 6) is -4.58. The van der Waals surface area contributed by atoms with Crippen LogP contribution in [0, 0.1) is 11.6 Å². The Hall–Kier alpha value is -2.31. The molecule has 20 heavy (non-hydrogen) atoms. The van der Waals surface area contributed by atoms with E-state index in [0.29, 0.717) is 11.4 Å². The average molecular weight is 282 g/mol. The van der Waals surface area contributed by atoms with Crippen LogP contribution in [0.1, 0.15) is 17.3 Å². The molecule has 0 radical (unpaired) electrons. The largest absolute Gasteiger partial charge is 0.344 e. The summed E-state index contributed by atoms with van der Waals surface area (Å²) in [6.45, 7) is 1.62. The molecule has 2 rings (SSSR count). The first-order valence-corrected chi connectivity index (χ1v) is 5.96. The van der Waals surface area contributed by atoms with E-state index in [1.165, 1.54) is 11.9 Å². The first-order chi connectivity index (χ1) is 9.38. The fourth-order valence-electron chi connectivity index (χ4n) is 1.94. The van der Waals surface area contributed by atoms with Gasteiger partial charge in [0.1, 0.15) is 18.2 Å². The van der Waals surface area contributed by atoms with Crippen molar-refractivity contribution in [2.75, 3.05) is 25.0 Å². The van der Waals surface area contributed by atoms with E-state index < -0.39 is 47.0 Å². The number of likely N-dealkylation sites (N-methyl/N-ethyl adjacent to an activating group) is 1. The van der Waals surface area contributed by atoms with Gasteiger partial charge in [0.2, 0.25) is 5.91 Å². The minimum atomic E-state index is -1.14. The maximum absolute atomic E-state index is 13.8. The Morgan fingerprint density at radius 3 is 2.45 bits per heavy atom. The first-order valence-electron chi connectivity index (χ1n) is 5.96. The van der Waals surface area contributed by atoms with E-state index in [4.69, 9.17) is 0 Å². The van der Waals surface area contributed by atoms with Crippen LogP contribution >= 0.6 is 0 Å². The number of ketones is 1. The molecule has 0 aliphatic carbocycles. The standard InChI is InChI=1S/C13H12F2N2O3/c1-3-16(2)9(18)6-17-11-8(15)5-4-7(14)10(11)12(19)13(17)20/h4-5H,3,6H2,1-2H3. The molecule has 0 N–H and O–H groups in total. The van der Waals surface area contributed by atoms with Crippen molar-refractivity contribution in [3.63, 3.8) is 0 Å². The highest BCUT2D eigenvalue weighted by Gasteiger charge is 2.41. The van der Waals surface area contributed by atoms with Crippen molar-refractivity contribution in [2.24, 2.45) is 0 Å². The van der Waals surface area contributed by atoms with E-state index in [1.54, 1.807) is 6.92 Å². The number of fused-ring (bicyclic) bond motifs is 1. The Kier molecular flexibility index (Phi) is 3.52. The topological polar surface area (TPSA) is 57.7 Å². The zero-order valence-corrected chi connectivity index (χ0v) is 10.9. The molecule has 0 saturated carbocycles. The predicted molar refractivity (Wildman–Crippen MR) is 66.4 cm³/mol. The van der Waals surface area contributed by atoms with Crippen LogP contribution in [0.5, 0.6) is 0 Å². The predicted octanol–water partition coefficient (Wildman–Crippen LogP) is 0.972. The third-order valence-corrected chi connectivity index (χ3v) is 3.21. The molecule has 106 valence electrons. The molecule has 1 aliphatic rings. The molecule has 0 fully saturated rings. The molecular formula is C13H12F2N2O3. The molecule has 0 atom stereocenters. The third kappa shape index (κ3) is 2.04. The smallest absolute Gasteiger partial charge is 0.300 e. The van der Waals surface area contributed by atoms with Gasteiger partial charge in [0.05, 0.1) is 11.3 Å². The number of rotatable bonds is 3. The Labute approximate surface area is 113 Å². The van der Waals surface area contributed by atoms with Crippen LogP contribution < -0.4 is 4.90 Å². The Morgan fingerprint density at radius 1 is 1.25 bits per heavy atom. The number of halogens is 2. The molecule has 2 amide bonds. The van der Waals surface area contributed by atoms with Crippen LogP contribution in [0.15, 0.2) is 12.1 Å². The number of hydrogen-bond acceptors (Lipinski definition) is 3. The van der Waals surface area contributed by atoms with E-state index in [9.17, 15) is 23.2 Å². The summed E-state index contributed by atoms with van der Waals surface area (Å²) in [6.07, 6.45) is 0. The lowest BCUT2D eigenvalue weighted by molar-refractivity contribution is -0.129. The average Bonchev–Trinajstić information content (AvgIpc) is 2.68. The Morgan fingerprint density at radius 2 is 1.85 bits per heavy atom. The van der Waals surface area contributed by atoms with Crippen molar-refractivity contribution < 1.29 is 23.2 Å². The number of amides is 2. The highest BCUT2D eigenvalue weighted by Crippen LogP contribution is 2.33. The Bertz CT molecular complexity index is 616. The first kappa shape index (κ1) is 14.1. The zero-order valence-electron chi connectivity index (χ0n) is 10.9. The van der Waals surface area contributed by atoms with Crippen LogP contribution in [0.3, 0.4) is 0 Å². The van der Waals surface area contributed by atoms with Gasteiger partial charge >= 0.3 is 0 Å². The third-order valence-electron chi connectivity index (χ3n) is 3.21. The minimum absolute atomic E-state index is 0.396. The number of benzene rings is 1. The van der Waals surface area contributed by atoms with Crippen LogP contribution in [0.25, 0.3) is 0 Å². The summed E-state index contributed by atoms with van der Waals surface area (Å²) in [4.78, 5) is 37.3.